The van der Waals surface area contributed by atoms with E-state index in [9.17, 15) is 4.79 Å². The van der Waals surface area contributed by atoms with Crippen molar-refractivity contribution in [3.8, 4) is 0 Å². The lowest BCUT2D eigenvalue weighted by molar-refractivity contribution is -0.121. The first-order valence-electron chi connectivity index (χ1n) is 12.2. The van der Waals surface area contributed by atoms with E-state index in [4.69, 9.17) is 0 Å². The first kappa shape index (κ1) is 26.5. The van der Waals surface area contributed by atoms with Gasteiger partial charge >= 0.3 is 0 Å². The first-order valence-corrected chi connectivity index (χ1v) is 12.2. The van der Waals surface area contributed by atoms with Crippen LogP contribution in [-0.2, 0) is 4.79 Å². The van der Waals surface area contributed by atoms with Crippen LogP contribution < -0.4 is 5.32 Å². The van der Waals surface area contributed by atoms with Gasteiger partial charge in [-0.1, -0.05) is 124 Å². The molecule has 0 aromatic carbocycles. The molecule has 1 unspecified atom stereocenters. The Morgan fingerprint density at radius 2 is 1.04 bits per heavy atom. The third kappa shape index (κ3) is 18.6. The lowest BCUT2D eigenvalue weighted by Gasteiger charge is -2.21. The molecule has 1 atom stereocenters. The SMILES string of the molecule is CCCCCCCCCCCCCCCCCC(=O)NC(CCC)[C](C)C. The molecule has 0 aliphatic carbocycles. The van der Waals surface area contributed by atoms with Crippen molar-refractivity contribution in [2.24, 2.45) is 0 Å². The Bertz CT molecular complexity index is 313. The predicted molar refractivity (Wildman–Crippen MR) is 121 cm³/mol. The molecular weight excluding hydrogens is 330 g/mol. The summed E-state index contributed by atoms with van der Waals surface area (Å²) >= 11 is 0. The highest BCUT2D eigenvalue weighted by molar-refractivity contribution is 5.76. The zero-order valence-corrected chi connectivity index (χ0v) is 19.2. The van der Waals surface area contributed by atoms with Gasteiger partial charge in [-0.3, -0.25) is 4.79 Å². The molecule has 0 fully saturated rings. The molecule has 2 heteroatoms. The molecule has 1 amide bonds. The van der Waals surface area contributed by atoms with Crippen LogP contribution in [0.1, 0.15) is 143 Å². The van der Waals surface area contributed by atoms with Gasteiger partial charge in [0, 0.05) is 12.5 Å². The van der Waals surface area contributed by atoms with E-state index in [-0.39, 0.29) is 11.9 Å². The maximum Gasteiger partial charge on any atom is 0.220 e. The second-order valence-corrected chi connectivity index (χ2v) is 8.69. The van der Waals surface area contributed by atoms with Crippen LogP contribution in [0.4, 0.5) is 0 Å². The molecule has 0 spiro atoms. The summed E-state index contributed by atoms with van der Waals surface area (Å²) in [5.74, 6) is 1.56. The molecule has 27 heavy (non-hydrogen) atoms. The Balaban J connectivity index is 3.31. The van der Waals surface area contributed by atoms with E-state index in [1.165, 1.54) is 95.8 Å². The minimum absolute atomic E-state index is 0.240. The number of unbranched alkanes of at least 4 members (excludes halogenated alkanes) is 14. The van der Waals surface area contributed by atoms with Crippen LogP contribution in [0.15, 0.2) is 0 Å². The van der Waals surface area contributed by atoms with Crippen LogP contribution in [0.5, 0.6) is 0 Å². The number of amides is 1. The van der Waals surface area contributed by atoms with Gasteiger partial charge in [-0.05, 0) is 18.8 Å². The molecular formula is C25H50NO. The Hall–Kier alpha value is -0.530. The van der Waals surface area contributed by atoms with Gasteiger partial charge in [-0.15, -0.1) is 0 Å². The second-order valence-electron chi connectivity index (χ2n) is 8.69. The zero-order valence-electron chi connectivity index (χ0n) is 19.2. The molecule has 0 aliphatic rings. The summed E-state index contributed by atoms with van der Waals surface area (Å²) in [6.45, 7) is 8.70. The van der Waals surface area contributed by atoms with Crippen LogP contribution in [0.2, 0.25) is 0 Å². The van der Waals surface area contributed by atoms with Gasteiger partial charge in [0.05, 0.1) is 0 Å². The highest BCUT2D eigenvalue weighted by Gasteiger charge is 2.14. The lowest BCUT2D eigenvalue weighted by atomic mass is 9.99. The summed E-state index contributed by atoms with van der Waals surface area (Å²) in [5, 5.41) is 3.19. The molecule has 0 aliphatic heterocycles. The number of rotatable bonds is 20. The Morgan fingerprint density at radius 1 is 0.630 bits per heavy atom. The van der Waals surface area contributed by atoms with E-state index in [0.29, 0.717) is 6.42 Å². The van der Waals surface area contributed by atoms with Crippen LogP contribution in [-0.4, -0.2) is 11.9 Å². The smallest absolute Gasteiger partial charge is 0.220 e. The molecule has 0 bridgehead atoms. The van der Waals surface area contributed by atoms with Crippen LogP contribution >= 0.6 is 0 Å². The molecule has 1 radical (unpaired) electrons. The van der Waals surface area contributed by atoms with E-state index in [0.717, 1.165) is 19.3 Å². The van der Waals surface area contributed by atoms with Crippen molar-refractivity contribution in [3.05, 3.63) is 5.92 Å². The molecule has 161 valence electrons. The fourth-order valence-corrected chi connectivity index (χ4v) is 3.72. The third-order valence-corrected chi connectivity index (χ3v) is 5.62. The predicted octanol–water partition coefficient (Wildman–Crippen LogP) is 8.15. The van der Waals surface area contributed by atoms with Crippen molar-refractivity contribution in [2.75, 3.05) is 0 Å². The minimum atomic E-state index is 0.240. The average Bonchev–Trinajstić information content (AvgIpc) is 2.64. The normalized spacial score (nSPS) is 12.5. The topological polar surface area (TPSA) is 29.1 Å². The van der Waals surface area contributed by atoms with Crippen molar-refractivity contribution in [1.29, 1.82) is 0 Å². The number of hydrogen-bond donors (Lipinski definition) is 1. The summed E-state index contributed by atoms with van der Waals surface area (Å²) < 4.78 is 0. The summed E-state index contributed by atoms with van der Waals surface area (Å²) in [4.78, 5) is 12.0. The quantitative estimate of drug-likeness (QED) is 0.212. The Kier molecular flexibility index (Phi) is 19.8. The van der Waals surface area contributed by atoms with Crippen molar-refractivity contribution < 1.29 is 4.79 Å². The van der Waals surface area contributed by atoms with E-state index >= 15 is 0 Å². The van der Waals surface area contributed by atoms with Gasteiger partial charge in [0.1, 0.15) is 0 Å². The maximum atomic E-state index is 12.0. The second kappa shape index (κ2) is 20.2. The van der Waals surface area contributed by atoms with E-state index in [2.05, 4.69) is 33.0 Å². The van der Waals surface area contributed by atoms with E-state index < -0.39 is 0 Å². The standard InChI is InChI=1S/C25H50NO/c1-5-7-8-9-10-11-12-13-14-15-16-17-18-19-20-22-25(27)26-24(21-6-2)23(3)4/h24H,5-22H2,1-4H3,(H,26,27). The van der Waals surface area contributed by atoms with Gasteiger partial charge in [0.2, 0.25) is 5.91 Å². The fourth-order valence-electron chi connectivity index (χ4n) is 3.72. The number of carbonyl (C=O) groups excluding carboxylic acids is 1. The maximum absolute atomic E-state index is 12.0. The Morgan fingerprint density at radius 3 is 1.41 bits per heavy atom. The monoisotopic (exact) mass is 380 g/mol. The van der Waals surface area contributed by atoms with E-state index in [1.807, 2.05) is 0 Å². The van der Waals surface area contributed by atoms with Crippen molar-refractivity contribution in [1.82, 2.24) is 5.32 Å². The minimum Gasteiger partial charge on any atom is -0.353 e. The van der Waals surface area contributed by atoms with E-state index in [1.54, 1.807) is 0 Å². The first-order chi connectivity index (χ1) is 13.1. The molecule has 2 nitrogen and oxygen atoms in total. The molecule has 0 rings (SSSR count). The lowest BCUT2D eigenvalue weighted by Crippen LogP contribution is -2.37. The molecule has 0 aromatic heterocycles. The fraction of sp³-hybridized carbons (Fsp3) is 0.920. The zero-order chi connectivity index (χ0) is 20.2. The van der Waals surface area contributed by atoms with Gasteiger partial charge < -0.3 is 5.32 Å². The van der Waals surface area contributed by atoms with Crippen LogP contribution in [0.25, 0.3) is 0 Å². The van der Waals surface area contributed by atoms with Crippen molar-refractivity contribution >= 4 is 5.91 Å². The highest BCUT2D eigenvalue weighted by Crippen LogP contribution is 2.14. The van der Waals surface area contributed by atoms with Gasteiger partial charge in [-0.25, -0.2) is 0 Å². The number of nitrogens with one attached hydrogen (secondary N) is 1. The molecule has 0 saturated heterocycles. The van der Waals surface area contributed by atoms with Crippen LogP contribution in [0.3, 0.4) is 0 Å². The number of carbonyl (C=O) groups is 1. The summed E-state index contributed by atoms with van der Waals surface area (Å²) in [6, 6.07) is 0.277. The molecule has 0 saturated carbocycles. The molecule has 1 N–H and O–H groups in total. The van der Waals surface area contributed by atoms with Gasteiger partial charge in [0.25, 0.3) is 0 Å². The third-order valence-electron chi connectivity index (χ3n) is 5.62. The highest BCUT2D eigenvalue weighted by atomic mass is 16.1. The van der Waals surface area contributed by atoms with Crippen molar-refractivity contribution in [2.45, 2.75) is 149 Å². The van der Waals surface area contributed by atoms with Gasteiger partial charge in [0.15, 0.2) is 0 Å². The summed E-state index contributed by atoms with van der Waals surface area (Å²) in [7, 11) is 0. The van der Waals surface area contributed by atoms with Gasteiger partial charge in [-0.2, -0.15) is 0 Å². The summed E-state index contributed by atoms with van der Waals surface area (Å²) in [5.41, 5.74) is 0. The summed E-state index contributed by atoms with van der Waals surface area (Å²) in [6.07, 6.45) is 23.4. The number of hydrogen-bond acceptors (Lipinski definition) is 1. The van der Waals surface area contributed by atoms with Crippen LogP contribution in [0, 0.1) is 5.92 Å². The molecule has 0 heterocycles. The Labute approximate surface area is 171 Å². The molecule has 0 aromatic rings. The largest absolute Gasteiger partial charge is 0.353 e. The average molecular weight is 381 g/mol. The van der Waals surface area contributed by atoms with Crippen molar-refractivity contribution in [3.63, 3.8) is 0 Å².